The van der Waals surface area contributed by atoms with Crippen molar-refractivity contribution in [3.05, 3.63) is 42.0 Å². The third kappa shape index (κ3) is 3.19. The predicted octanol–water partition coefficient (Wildman–Crippen LogP) is 3.03. The standard InChI is InChI=1S/C22H26O7/c1-7-8-13-11-22(28-6)12(2)17(18(19(13)23)21(24)29-22)14-9-15(25-3)20(27-5)16(10-14)26-4/h7,9-12,17-18H,1,8H2,2-6H3. The summed E-state index contributed by atoms with van der Waals surface area (Å²) in [5.74, 6) is -2.75. The first-order valence-electron chi connectivity index (χ1n) is 9.32. The Kier molecular flexibility index (Phi) is 5.71. The molecule has 0 saturated carbocycles. The molecular weight excluding hydrogens is 376 g/mol. The second kappa shape index (κ2) is 7.91. The first-order chi connectivity index (χ1) is 13.9. The summed E-state index contributed by atoms with van der Waals surface area (Å²) < 4.78 is 27.6. The van der Waals surface area contributed by atoms with E-state index in [-0.39, 0.29) is 11.7 Å². The predicted molar refractivity (Wildman–Crippen MR) is 105 cm³/mol. The van der Waals surface area contributed by atoms with Gasteiger partial charge in [0, 0.05) is 24.5 Å². The van der Waals surface area contributed by atoms with Gasteiger partial charge in [0.15, 0.2) is 17.3 Å². The molecule has 1 aromatic carbocycles. The number of esters is 1. The van der Waals surface area contributed by atoms with Crippen molar-refractivity contribution in [2.45, 2.75) is 25.0 Å². The lowest BCUT2D eigenvalue weighted by atomic mass is 9.72. The highest BCUT2D eigenvalue weighted by Gasteiger charge is 2.58. The second-order valence-electron chi connectivity index (χ2n) is 7.12. The average molecular weight is 402 g/mol. The van der Waals surface area contributed by atoms with Crippen molar-refractivity contribution in [1.29, 1.82) is 0 Å². The van der Waals surface area contributed by atoms with E-state index >= 15 is 0 Å². The van der Waals surface area contributed by atoms with Crippen LogP contribution >= 0.6 is 0 Å². The number of allylic oxidation sites excluding steroid dienone is 2. The molecule has 7 nitrogen and oxygen atoms in total. The van der Waals surface area contributed by atoms with Crippen LogP contribution in [0.5, 0.6) is 17.2 Å². The Bertz CT molecular complexity index is 847. The van der Waals surface area contributed by atoms with Crippen LogP contribution in [-0.2, 0) is 19.1 Å². The van der Waals surface area contributed by atoms with Gasteiger partial charge in [0.1, 0.15) is 5.92 Å². The molecule has 4 rings (SSSR count). The van der Waals surface area contributed by atoms with Crippen molar-refractivity contribution >= 4 is 11.8 Å². The van der Waals surface area contributed by atoms with E-state index in [1.165, 1.54) is 28.4 Å². The van der Waals surface area contributed by atoms with Gasteiger partial charge in [-0.05, 0) is 30.2 Å². The van der Waals surface area contributed by atoms with Gasteiger partial charge in [0.25, 0.3) is 0 Å². The molecule has 0 spiro atoms. The zero-order valence-corrected chi connectivity index (χ0v) is 17.3. The third-order valence-corrected chi connectivity index (χ3v) is 5.78. The van der Waals surface area contributed by atoms with Crippen LogP contribution in [0, 0.1) is 11.8 Å². The van der Waals surface area contributed by atoms with E-state index in [0.29, 0.717) is 34.8 Å². The Labute approximate surface area is 170 Å². The van der Waals surface area contributed by atoms with Gasteiger partial charge in [-0.15, -0.1) is 6.58 Å². The van der Waals surface area contributed by atoms with Gasteiger partial charge >= 0.3 is 5.97 Å². The lowest BCUT2D eigenvalue weighted by Gasteiger charge is -2.43. The van der Waals surface area contributed by atoms with Gasteiger partial charge in [-0.25, -0.2) is 0 Å². The molecule has 1 aliphatic carbocycles. The molecule has 0 N–H and O–H groups in total. The van der Waals surface area contributed by atoms with Crippen LogP contribution in [-0.4, -0.2) is 46.0 Å². The Morgan fingerprint density at radius 1 is 1.10 bits per heavy atom. The topological polar surface area (TPSA) is 80.3 Å². The Hall–Kier alpha value is -2.80. The maximum absolute atomic E-state index is 13.3. The molecule has 2 heterocycles. The second-order valence-corrected chi connectivity index (χ2v) is 7.12. The van der Waals surface area contributed by atoms with Crippen LogP contribution in [0.1, 0.15) is 24.8 Å². The smallest absolute Gasteiger partial charge is 0.320 e. The van der Waals surface area contributed by atoms with Crippen LogP contribution in [0.3, 0.4) is 0 Å². The Morgan fingerprint density at radius 3 is 2.21 bits per heavy atom. The molecule has 7 heteroatoms. The molecule has 1 aromatic rings. The number of carbonyl (C=O) groups is 2. The van der Waals surface area contributed by atoms with Crippen LogP contribution in [0.4, 0.5) is 0 Å². The lowest BCUT2D eigenvalue weighted by molar-refractivity contribution is -0.239. The number of rotatable bonds is 7. The highest BCUT2D eigenvalue weighted by molar-refractivity contribution is 6.10. The summed E-state index contributed by atoms with van der Waals surface area (Å²) in [6.07, 6.45) is 3.57. The van der Waals surface area contributed by atoms with E-state index in [0.717, 1.165) is 0 Å². The van der Waals surface area contributed by atoms with Crippen molar-refractivity contribution in [1.82, 2.24) is 0 Å². The van der Waals surface area contributed by atoms with E-state index in [9.17, 15) is 9.59 Å². The molecule has 0 amide bonds. The Balaban J connectivity index is 2.22. The summed E-state index contributed by atoms with van der Waals surface area (Å²) in [6.45, 7) is 5.61. The molecule has 29 heavy (non-hydrogen) atoms. The zero-order chi connectivity index (χ0) is 21.3. The molecule has 4 atom stereocenters. The first kappa shape index (κ1) is 20.9. The van der Waals surface area contributed by atoms with E-state index in [1.807, 2.05) is 6.92 Å². The normalized spacial score (nSPS) is 28.3. The van der Waals surface area contributed by atoms with Crippen molar-refractivity contribution in [2.75, 3.05) is 28.4 Å². The fourth-order valence-corrected chi connectivity index (χ4v) is 4.32. The fraction of sp³-hybridized carbons (Fsp3) is 0.455. The summed E-state index contributed by atoms with van der Waals surface area (Å²) in [5.41, 5.74) is 1.16. The van der Waals surface area contributed by atoms with Gasteiger partial charge < -0.3 is 23.7 Å². The van der Waals surface area contributed by atoms with Crippen molar-refractivity contribution < 1.29 is 33.3 Å². The maximum atomic E-state index is 13.3. The highest BCUT2D eigenvalue weighted by Crippen LogP contribution is 2.52. The third-order valence-electron chi connectivity index (χ3n) is 5.78. The molecule has 1 fully saturated rings. The summed E-state index contributed by atoms with van der Waals surface area (Å²) in [5, 5.41) is 0. The van der Waals surface area contributed by atoms with Crippen molar-refractivity contribution in [2.24, 2.45) is 11.8 Å². The summed E-state index contributed by atoms with van der Waals surface area (Å²) in [6, 6.07) is 3.53. The minimum absolute atomic E-state index is 0.281. The fourth-order valence-electron chi connectivity index (χ4n) is 4.32. The van der Waals surface area contributed by atoms with Crippen molar-refractivity contribution in [3.63, 3.8) is 0 Å². The van der Waals surface area contributed by atoms with Crippen molar-refractivity contribution in [3.8, 4) is 17.2 Å². The number of hydrogen-bond acceptors (Lipinski definition) is 7. The minimum atomic E-state index is -1.34. The molecule has 2 bridgehead atoms. The summed E-state index contributed by atoms with van der Waals surface area (Å²) >= 11 is 0. The molecular formula is C22H26O7. The van der Waals surface area contributed by atoms with Gasteiger partial charge in [-0.2, -0.15) is 0 Å². The largest absolute Gasteiger partial charge is 0.493 e. The number of ether oxygens (including phenoxy) is 5. The minimum Gasteiger partial charge on any atom is -0.493 e. The van der Waals surface area contributed by atoms with E-state index in [1.54, 1.807) is 24.3 Å². The van der Waals surface area contributed by atoms with E-state index in [4.69, 9.17) is 23.7 Å². The SMILES string of the molecule is C=CCC1=CC2(OC)OC(=O)C(C1=O)C(c1cc(OC)c(OC)c(OC)c1)C2C. The number of carbonyl (C=O) groups excluding carboxylic acids is 2. The Morgan fingerprint density at radius 2 is 1.72 bits per heavy atom. The molecule has 3 aliphatic rings. The number of hydrogen-bond donors (Lipinski definition) is 0. The zero-order valence-electron chi connectivity index (χ0n) is 17.3. The molecule has 156 valence electrons. The molecule has 1 saturated heterocycles. The van der Waals surface area contributed by atoms with Crippen LogP contribution < -0.4 is 14.2 Å². The summed E-state index contributed by atoms with van der Waals surface area (Å²) in [4.78, 5) is 26.2. The van der Waals surface area contributed by atoms with Gasteiger partial charge in [-0.1, -0.05) is 13.0 Å². The van der Waals surface area contributed by atoms with Crippen LogP contribution in [0.15, 0.2) is 36.4 Å². The lowest BCUT2D eigenvalue weighted by Crippen LogP contribution is -2.52. The number of benzene rings is 1. The number of methoxy groups -OCH3 is 4. The number of ketones is 1. The van der Waals surface area contributed by atoms with Crippen LogP contribution in [0.25, 0.3) is 0 Å². The molecule has 2 aliphatic heterocycles. The first-order valence-corrected chi connectivity index (χ1v) is 9.32. The van der Waals surface area contributed by atoms with E-state index < -0.39 is 23.6 Å². The molecule has 4 unspecified atom stereocenters. The summed E-state index contributed by atoms with van der Waals surface area (Å²) in [7, 11) is 6.02. The quantitative estimate of drug-likeness (QED) is 0.394. The van der Waals surface area contributed by atoms with Crippen LogP contribution in [0.2, 0.25) is 0 Å². The monoisotopic (exact) mass is 402 g/mol. The molecule has 0 aromatic heterocycles. The van der Waals surface area contributed by atoms with Gasteiger partial charge in [0.2, 0.25) is 11.5 Å². The van der Waals surface area contributed by atoms with E-state index in [2.05, 4.69) is 6.58 Å². The number of fused-ring (bicyclic) bond motifs is 3. The maximum Gasteiger partial charge on any atom is 0.320 e. The highest BCUT2D eigenvalue weighted by atomic mass is 16.7. The molecule has 0 radical (unpaired) electrons. The van der Waals surface area contributed by atoms with Gasteiger partial charge in [0.05, 0.1) is 21.3 Å². The van der Waals surface area contributed by atoms with Gasteiger partial charge in [-0.3, -0.25) is 9.59 Å². The number of Topliss-reactive ketones (excluding diaryl/α,β-unsaturated/α-hetero) is 1. The average Bonchev–Trinajstić information content (AvgIpc) is 2.88.